The summed E-state index contributed by atoms with van der Waals surface area (Å²) in [5, 5.41) is 12.7. The first-order valence-electron chi connectivity index (χ1n) is 8.67. The number of anilines is 1. The highest BCUT2D eigenvalue weighted by Crippen LogP contribution is 2.25. The molecule has 0 radical (unpaired) electrons. The number of β-amino-alcohol motifs (C(OH)–C–C–N with tert-alkyl or cyclic N) is 1. The van der Waals surface area contributed by atoms with Crippen LogP contribution in [0.2, 0.25) is 0 Å². The molecule has 1 amide bonds. The third-order valence-corrected chi connectivity index (χ3v) is 4.89. The van der Waals surface area contributed by atoms with Gasteiger partial charge in [0.2, 0.25) is 5.95 Å². The van der Waals surface area contributed by atoms with E-state index in [0.29, 0.717) is 18.7 Å². The summed E-state index contributed by atoms with van der Waals surface area (Å²) in [7, 11) is 3.85. The van der Waals surface area contributed by atoms with E-state index in [0.717, 1.165) is 35.8 Å². The van der Waals surface area contributed by atoms with Gasteiger partial charge in [0.15, 0.2) is 0 Å². The van der Waals surface area contributed by atoms with Crippen molar-refractivity contribution in [1.82, 2.24) is 24.4 Å². The molecule has 1 aromatic carbocycles. The average molecular weight is 354 g/mol. The van der Waals surface area contributed by atoms with Gasteiger partial charge in [0.05, 0.1) is 23.7 Å². The van der Waals surface area contributed by atoms with E-state index >= 15 is 0 Å². The summed E-state index contributed by atoms with van der Waals surface area (Å²) in [5.41, 5.74) is 2.30. The average Bonchev–Trinajstić information content (AvgIpc) is 3.32. The van der Waals surface area contributed by atoms with E-state index in [4.69, 9.17) is 0 Å². The van der Waals surface area contributed by atoms with E-state index in [1.165, 1.54) is 0 Å². The Morgan fingerprint density at radius 2 is 2.23 bits per heavy atom. The number of fused-ring (bicyclic) bond motifs is 1. The third kappa shape index (κ3) is 2.92. The van der Waals surface area contributed by atoms with Crippen LogP contribution in [-0.2, 0) is 20.6 Å². The Balaban J connectivity index is 1.55. The number of benzene rings is 1. The minimum atomic E-state index is -0.303. The molecule has 2 aromatic heterocycles. The zero-order valence-corrected chi connectivity index (χ0v) is 14.9. The van der Waals surface area contributed by atoms with Crippen molar-refractivity contribution in [3.05, 3.63) is 42.0 Å². The molecule has 1 fully saturated rings. The molecule has 0 bridgehead atoms. The summed E-state index contributed by atoms with van der Waals surface area (Å²) < 4.78 is 3.88. The molecule has 3 aromatic rings. The first kappa shape index (κ1) is 16.6. The highest BCUT2D eigenvalue weighted by atomic mass is 16.3. The monoisotopic (exact) mass is 354 g/mol. The van der Waals surface area contributed by atoms with Gasteiger partial charge in [-0.25, -0.2) is 9.97 Å². The molecule has 2 N–H and O–H groups in total. The maximum Gasteiger partial charge on any atom is 0.251 e. The fraction of sp³-hybridized carbons (Fsp3) is 0.389. The van der Waals surface area contributed by atoms with E-state index in [2.05, 4.69) is 20.2 Å². The molecule has 1 atom stereocenters. The van der Waals surface area contributed by atoms with Crippen molar-refractivity contribution in [2.45, 2.75) is 19.1 Å². The van der Waals surface area contributed by atoms with E-state index in [1.807, 2.05) is 35.5 Å². The number of imidazole rings is 2. The molecular weight excluding hydrogens is 332 g/mol. The van der Waals surface area contributed by atoms with Crippen molar-refractivity contribution < 1.29 is 9.90 Å². The van der Waals surface area contributed by atoms with E-state index < -0.39 is 0 Å². The van der Waals surface area contributed by atoms with Crippen molar-refractivity contribution >= 4 is 22.9 Å². The Bertz CT molecular complexity index is 960. The lowest BCUT2D eigenvalue weighted by Gasteiger charge is -2.16. The standard InChI is InChI=1S/C18H22N6O2/c1-22-8-6-19-16(22)10-20-17(26)12-3-4-15-14(9-12)21-18(23(15)2)24-7-5-13(25)11-24/h3-4,6,8-9,13,25H,5,7,10-11H2,1-2H3,(H,20,26). The maximum absolute atomic E-state index is 12.5. The number of hydrogen-bond acceptors (Lipinski definition) is 5. The third-order valence-electron chi connectivity index (χ3n) is 4.89. The summed E-state index contributed by atoms with van der Waals surface area (Å²) in [4.78, 5) is 23.4. The number of amides is 1. The first-order valence-corrected chi connectivity index (χ1v) is 8.67. The van der Waals surface area contributed by atoms with Gasteiger partial charge in [-0.15, -0.1) is 0 Å². The number of carbonyl (C=O) groups excluding carboxylic acids is 1. The highest BCUT2D eigenvalue weighted by Gasteiger charge is 2.24. The van der Waals surface area contributed by atoms with Crippen molar-refractivity contribution in [3.63, 3.8) is 0 Å². The Labute approximate surface area is 151 Å². The van der Waals surface area contributed by atoms with E-state index in [1.54, 1.807) is 18.3 Å². The van der Waals surface area contributed by atoms with Crippen molar-refractivity contribution in [3.8, 4) is 0 Å². The molecule has 1 saturated heterocycles. The quantitative estimate of drug-likeness (QED) is 0.724. The van der Waals surface area contributed by atoms with Crippen molar-refractivity contribution in [2.75, 3.05) is 18.0 Å². The Morgan fingerprint density at radius 1 is 1.38 bits per heavy atom. The van der Waals surface area contributed by atoms with Crippen molar-refractivity contribution in [1.29, 1.82) is 0 Å². The molecule has 26 heavy (non-hydrogen) atoms. The minimum Gasteiger partial charge on any atom is -0.391 e. The number of aryl methyl sites for hydroxylation is 2. The molecule has 0 aliphatic carbocycles. The smallest absolute Gasteiger partial charge is 0.251 e. The molecule has 0 spiro atoms. The normalized spacial score (nSPS) is 17.2. The number of hydrogen-bond donors (Lipinski definition) is 2. The number of aliphatic hydroxyl groups is 1. The lowest BCUT2D eigenvalue weighted by Crippen LogP contribution is -2.24. The number of nitrogens with zero attached hydrogens (tertiary/aromatic N) is 5. The van der Waals surface area contributed by atoms with Crippen LogP contribution in [-0.4, -0.2) is 49.3 Å². The van der Waals surface area contributed by atoms with Gasteiger partial charge in [-0.3, -0.25) is 4.79 Å². The van der Waals surface area contributed by atoms with Gasteiger partial charge in [0.25, 0.3) is 5.91 Å². The van der Waals surface area contributed by atoms with Gasteiger partial charge >= 0.3 is 0 Å². The summed E-state index contributed by atoms with van der Waals surface area (Å²) in [5.74, 6) is 1.47. The lowest BCUT2D eigenvalue weighted by atomic mass is 10.2. The number of carbonyl (C=O) groups is 1. The van der Waals surface area contributed by atoms with Gasteiger partial charge in [0, 0.05) is 45.1 Å². The predicted octanol–water partition coefficient (Wildman–Crippen LogP) is 0.808. The van der Waals surface area contributed by atoms with Crippen LogP contribution in [0.5, 0.6) is 0 Å². The molecule has 8 heteroatoms. The molecule has 1 aliphatic rings. The molecule has 4 rings (SSSR count). The van der Waals surface area contributed by atoms with Crippen LogP contribution in [0.1, 0.15) is 22.6 Å². The molecule has 3 heterocycles. The molecule has 0 saturated carbocycles. The summed E-state index contributed by atoms with van der Waals surface area (Å²) in [6.07, 6.45) is 4.00. The lowest BCUT2D eigenvalue weighted by molar-refractivity contribution is 0.0949. The zero-order valence-electron chi connectivity index (χ0n) is 14.9. The van der Waals surface area contributed by atoms with Crippen LogP contribution in [0, 0.1) is 0 Å². The molecule has 1 unspecified atom stereocenters. The fourth-order valence-corrected chi connectivity index (χ4v) is 3.36. The number of aromatic nitrogens is 4. The van der Waals surface area contributed by atoms with Crippen LogP contribution >= 0.6 is 0 Å². The second-order valence-electron chi connectivity index (χ2n) is 6.70. The number of aliphatic hydroxyl groups excluding tert-OH is 1. The number of nitrogens with one attached hydrogen (secondary N) is 1. The Kier molecular flexibility index (Phi) is 4.12. The van der Waals surface area contributed by atoms with Crippen LogP contribution in [0.3, 0.4) is 0 Å². The molecule has 136 valence electrons. The Morgan fingerprint density at radius 3 is 2.92 bits per heavy atom. The van der Waals surface area contributed by atoms with Crippen LogP contribution in [0.15, 0.2) is 30.6 Å². The second kappa shape index (κ2) is 6.45. The first-order chi connectivity index (χ1) is 12.5. The highest BCUT2D eigenvalue weighted by molar-refractivity contribution is 5.97. The molecule has 1 aliphatic heterocycles. The summed E-state index contributed by atoms with van der Waals surface area (Å²) in [6.45, 7) is 1.75. The number of rotatable bonds is 4. The van der Waals surface area contributed by atoms with Crippen LogP contribution in [0.4, 0.5) is 5.95 Å². The minimum absolute atomic E-state index is 0.154. The SMILES string of the molecule is Cn1ccnc1CNC(=O)c1ccc2c(c1)nc(N1CCC(O)C1)n2C. The fourth-order valence-electron chi connectivity index (χ4n) is 3.36. The van der Waals surface area contributed by atoms with Gasteiger partial charge in [-0.1, -0.05) is 0 Å². The van der Waals surface area contributed by atoms with E-state index in [9.17, 15) is 9.90 Å². The van der Waals surface area contributed by atoms with Gasteiger partial charge in [-0.05, 0) is 24.6 Å². The predicted molar refractivity (Wildman–Crippen MR) is 97.9 cm³/mol. The molecular formula is C18H22N6O2. The molecule has 8 nitrogen and oxygen atoms in total. The van der Waals surface area contributed by atoms with Crippen molar-refractivity contribution in [2.24, 2.45) is 14.1 Å². The second-order valence-corrected chi connectivity index (χ2v) is 6.70. The maximum atomic E-state index is 12.5. The van der Waals surface area contributed by atoms with Gasteiger partial charge < -0.3 is 24.5 Å². The summed E-state index contributed by atoms with van der Waals surface area (Å²) in [6, 6.07) is 5.52. The van der Waals surface area contributed by atoms with Crippen LogP contribution < -0.4 is 10.2 Å². The van der Waals surface area contributed by atoms with Crippen LogP contribution in [0.25, 0.3) is 11.0 Å². The topological polar surface area (TPSA) is 88.2 Å². The largest absolute Gasteiger partial charge is 0.391 e. The van der Waals surface area contributed by atoms with Gasteiger partial charge in [0.1, 0.15) is 5.82 Å². The van der Waals surface area contributed by atoms with Gasteiger partial charge in [-0.2, -0.15) is 0 Å². The summed E-state index contributed by atoms with van der Waals surface area (Å²) >= 11 is 0. The Hall–Kier alpha value is -2.87. The zero-order chi connectivity index (χ0) is 18.3. The van der Waals surface area contributed by atoms with E-state index in [-0.39, 0.29) is 12.0 Å².